The highest BCUT2D eigenvalue weighted by atomic mass is 16.6. The van der Waals surface area contributed by atoms with Crippen LogP contribution in [0.4, 0.5) is 0 Å². The lowest BCUT2D eigenvalue weighted by molar-refractivity contribution is -0.852. The van der Waals surface area contributed by atoms with Crippen molar-refractivity contribution in [3.8, 4) is 0 Å². The Kier molecular flexibility index (Phi) is 2.61. The summed E-state index contributed by atoms with van der Waals surface area (Å²) in [6, 6.07) is 7.72. The molecule has 1 heterocycles. The molecule has 0 amide bonds. The smallest absolute Gasteiger partial charge is 0.335 e. The van der Waals surface area contributed by atoms with Crippen molar-refractivity contribution in [3.05, 3.63) is 46.5 Å². The van der Waals surface area contributed by atoms with Crippen molar-refractivity contribution in [3.63, 3.8) is 0 Å². The van der Waals surface area contributed by atoms with Gasteiger partial charge in [0, 0.05) is 11.1 Å². The van der Waals surface area contributed by atoms with Gasteiger partial charge in [-0.2, -0.15) is 0 Å². The third-order valence-electron chi connectivity index (χ3n) is 2.76. The first-order valence-corrected chi connectivity index (χ1v) is 5.08. The van der Waals surface area contributed by atoms with Gasteiger partial charge < -0.3 is 14.7 Å². The number of quaternary nitrogens is 1. The molecule has 1 aromatic rings. The Morgan fingerprint density at radius 1 is 1.19 bits per heavy atom. The van der Waals surface area contributed by atoms with Crippen molar-refractivity contribution in [2.24, 2.45) is 0 Å². The maximum Gasteiger partial charge on any atom is 0.335 e. The lowest BCUT2D eigenvalue weighted by Crippen LogP contribution is -2.40. The Morgan fingerprint density at radius 3 is 2.50 bits per heavy atom. The fourth-order valence-corrected chi connectivity index (χ4v) is 2.09. The van der Waals surface area contributed by atoms with Crippen molar-refractivity contribution in [2.75, 3.05) is 21.3 Å². The second kappa shape index (κ2) is 3.81. The Balaban J connectivity index is 2.64. The summed E-state index contributed by atoms with van der Waals surface area (Å²) in [5.74, 6) is 0.850. The first-order chi connectivity index (χ1) is 7.60. The SMILES string of the molecule is COC1=C(OC)[N+](C)([O-])Cc2ccccc21. The van der Waals surface area contributed by atoms with Gasteiger partial charge in [0.2, 0.25) is 5.76 Å². The molecule has 4 heteroatoms. The number of rotatable bonds is 2. The summed E-state index contributed by atoms with van der Waals surface area (Å²) < 4.78 is 9.90. The second-order valence-electron chi connectivity index (χ2n) is 3.96. The summed E-state index contributed by atoms with van der Waals surface area (Å²) in [7, 11) is 4.61. The van der Waals surface area contributed by atoms with E-state index >= 15 is 0 Å². The molecular formula is C12H15NO3. The van der Waals surface area contributed by atoms with Crippen LogP contribution < -0.4 is 0 Å². The number of hydrogen-bond acceptors (Lipinski definition) is 3. The number of hydroxylamine groups is 3. The summed E-state index contributed by atoms with van der Waals surface area (Å²) in [5, 5.41) is 12.3. The van der Waals surface area contributed by atoms with Crippen molar-refractivity contribution in [1.82, 2.24) is 0 Å². The standard InChI is InChI=1S/C12H15NO3/c1-13(14)8-9-6-4-5-7-10(9)11(15-2)12(13)16-3/h4-7H,8H2,1-3H3. The summed E-state index contributed by atoms with van der Waals surface area (Å²) in [5.41, 5.74) is 1.92. The second-order valence-corrected chi connectivity index (χ2v) is 3.96. The molecule has 1 atom stereocenters. The van der Waals surface area contributed by atoms with Gasteiger partial charge in [-0.15, -0.1) is 0 Å². The Bertz CT molecular complexity index is 438. The average molecular weight is 221 g/mol. The minimum Gasteiger partial charge on any atom is -0.625 e. The van der Waals surface area contributed by atoms with Gasteiger partial charge in [-0.3, -0.25) is 4.65 Å². The Hall–Kier alpha value is -1.52. The lowest BCUT2D eigenvalue weighted by atomic mass is 10.0. The maximum absolute atomic E-state index is 12.3. The van der Waals surface area contributed by atoms with Crippen LogP contribution in [0, 0.1) is 5.21 Å². The van der Waals surface area contributed by atoms with Crippen LogP contribution in [0.15, 0.2) is 30.1 Å². The van der Waals surface area contributed by atoms with Crippen LogP contribution in [0.3, 0.4) is 0 Å². The van der Waals surface area contributed by atoms with Gasteiger partial charge >= 0.3 is 5.88 Å². The zero-order chi connectivity index (χ0) is 11.8. The zero-order valence-corrected chi connectivity index (χ0v) is 9.69. The van der Waals surface area contributed by atoms with Crippen LogP contribution >= 0.6 is 0 Å². The first-order valence-electron chi connectivity index (χ1n) is 5.08. The third-order valence-corrected chi connectivity index (χ3v) is 2.76. The topological polar surface area (TPSA) is 41.5 Å². The van der Waals surface area contributed by atoms with Crippen molar-refractivity contribution in [2.45, 2.75) is 6.54 Å². The summed E-state index contributed by atoms with van der Waals surface area (Å²) in [4.78, 5) is 0. The molecule has 1 aromatic carbocycles. The number of nitrogens with zero attached hydrogens (tertiary/aromatic N) is 1. The number of methoxy groups -OCH3 is 2. The third kappa shape index (κ3) is 1.56. The van der Waals surface area contributed by atoms with Crippen LogP contribution in [-0.2, 0) is 16.0 Å². The number of fused-ring (bicyclic) bond motifs is 1. The van der Waals surface area contributed by atoms with Crippen molar-refractivity contribution < 1.29 is 14.1 Å². The molecule has 0 saturated carbocycles. The Morgan fingerprint density at radius 2 is 1.88 bits per heavy atom. The summed E-state index contributed by atoms with van der Waals surface area (Å²) in [6.45, 7) is 0.367. The van der Waals surface area contributed by atoms with Crippen LogP contribution in [0.2, 0.25) is 0 Å². The van der Waals surface area contributed by atoms with Crippen LogP contribution in [0.5, 0.6) is 0 Å². The van der Waals surface area contributed by atoms with E-state index in [-0.39, 0.29) is 0 Å². The van der Waals surface area contributed by atoms with E-state index in [2.05, 4.69) is 0 Å². The molecule has 0 aliphatic carbocycles. The normalized spacial score (nSPS) is 24.0. The van der Waals surface area contributed by atoms with E-state index in [1.54, 1.807) is 14.2 Å². The van der Waals surface area contributed by atoms with Gasteiger partial charge in [0.15, 0.2) is 0 Å². The molecule has 0 N–H and O–H groups in total. The molecule has 86 valence electrons. The fourth-order valence-electron chi connectivity index (χ4n) is 2.09. The predicted octanol–water partition coefficient (Wildman–Crippen LogP) is 2.06. The average Bonchev–Trinajstić information content (AvgIpc) is 2.25. The number of hydrogen-bond donors (Lipinski definition) is 0. The van der Waals surface area contributed by atoms with E-state index in [9.17, 15) is 5.21 Å². The molecule has 0 saturated heterocycles. The Labute approximate surface area is 94.9 Å². The largest absolute Gasteiger partial charge is 0.625 e. The van der Waals surface area contributed by atoms with Crippen molar-refractivity contribution >= 4 is 5.76 Å². The van der Waals surface area contributed by atoms with E-state index in [4.69, 9.17) is 9.47 Å². The van der Waals surface area contributed by atoms with Crippen LogP contribution in [0.25, 0.3) is 5.76 Å². The van der Waals surface area contributed by atoms with E-state index in [1.165, 1.54) is 7.11 Å². The fraction of sp³-hybridized carbons (Fsp3) is 0.333. The first kappa shape index (κ1) is 11.0. The molecule has 16 heavy (non-hydrogen) atoms. The van der Waals surface area contributed by atoms with E-state index in [0.29, 0.717) is 18.2 Å². The van der Waals surface area contributed by atoms with Gasteiger partial charge in [0.1, 0.15) is 6.54 Å². The number of benzene rings is 1. The molecule has 2 rings (SSSR count). The van der Waals surface area contributed by atoms with Crippen LogP contribution in [-0.4, -0.2) is 25.9 Å². The highest BCUT2D eigenvalue weighted by Gasteiger charge is 2.33. The van der Waals surface area contributed by atoms with E-state index < -0.39 is 4.65 Å². The molecule has 0 spiro atoms. The zero-order valence-electron chi connectivity index (χ0n) is 9.69. The predicted molar refractivity (Wildman–Crippen MR) is 60.6 cm³/mol. The minimum absolute atomic E-state index is 0.321. The molecule has 0 bridgehead atoms. The summed E-state index contributed by atoms with van der Waals surface area (Å²) in [6.07, 6.45) is 0. The quantitative estimate of drug-likeness (QED) is 0.567. The highest BCUT2D eigenvalue weighted by Crippen LogP contribution is 2.35. The highest BCUT2D eigenvalue weighted by molar-refractivity contribution is 5.65. The molecule has 0 radical (unpaired) electrons. The van der Waals surface area contributed by atoms with Gasteiger partial charge in [0.25, 0.3) is 0 Å². The van der Waals surface area contributed by atoms with Gasteiger partial charge in [0.05, 0.1) is 21.3 Å². The van der Waals surface area contributed by atoms with Gasteiger partial charge in [-0.25, -0.2) is 0 Å². The van der Waals surface area contributed by atoms with E-state index in [0.717, 1.165) is 11.1 Å². The molecule has 0 aromatic heterocycles. The summed E-state index contributed by atoms with van der Waals surface area (Å²) >= 11 is 0. The van der Waals surface area contributed by atoms with Gasteiger partial charge in [-0.05, 0) is 0 Å². The maximum atomic E-state index is 12.3. The van der Waals surface area contributed by atoms with Gasteiger partial charge in [-0.1, -0.05) is 24.3 Å². The molecule has 1 aliphatic heterocycles. The molecule has 0 fully saturated rings. The molecule has 1 unspecified atom stereocenters. The number of ether oxygens (including phenoxy) is 2. The molecular weight excluding hydrogens is 206 g/mol. The van der Waals surface area contributed by atoms with E-state index in [1.807, 2.05) is 24.3 Å². The lowest BCUT2D eigenvalue weighted by Gasteiger charge is -2.41. The molecule has 4 nitrogen and oxygen atoms in total. The minimum atomic E-state index is -0.573. The monoisotopic (exact) mass is 221 g/mol. The van der Waals surface area contributed by atoms with Crippen molar-refractivity contribution in [1.29, 1.82) is 0 Å². The molecule has 1 aliphatic rings. The van der Waals surface area contributed by atoms with Crippen LogP contribution in [0.1, 0.15) is 11.1 Å².